The molecule has 0 N–H and O–H groups in total. The Hall–Kier alpha value is -0.730. The largest absolute Gasteiger partial charge is 0.303 e. The number of nitrogens with zero attached hydrogens (tertiary/aromatic N) is 1. The molecule has 0 aromatic carbocycles. The molecule has 0 aromatic rings. The molecule has 1 aliphatic carbocycles. The Bertz CT molecular complexity index is 194. The van der Waals surface area contributed by atoms with Crippen molar-refractivity contribution in [2.45, 2.75) is 51.5 Å². The lowest BCUT2D eigenvalue weighted by atomic mass is 9.79. The maximum atomic E-state index is 10.9. The van der Waals surface area contributed by atoms with Crippen molar-refractivity contribution in [2.24, 2.45) is 17.0 Å². The maximum Gasteiger partial charge on any atom is 0.123 e. The summed E-state index contributed by atoms with van der Waals surface area (Å²) in [5.74, 6) is 0.244. The lowest BCUT2D eigenvalue weighted by molar-refractivity contribution is -0.113. The fraction of sp³-hybridized carbons (Fsp3) is 0.909. The quantitative estimate of drug-likeness (QED) is 0.516. The van der Waals surface area contributed by atoms with Crippen molar-refractivity contribution in [1.29, 1.82) is 0 Å². The highest BCUT2D eigenvalue weighted by Gasteiger charge is 2.27. The molecular formula is C11H19NO2. The van der Waals surface area contributed by atoms with E-state index >= 15 is 0 Å². The van der Waals surface area contributed by atoms with Crippen LogP contribution in [0.5, 0.6) is 0 Å². The van der Waals surface area contributed by atoms with Crippen molar-refractivity contribution in [3.63, 3.8) is 0 Å². The minimum Gasteiger partial charge on any atom is -0.303 e. The summed E-state index contributed by atoms with van der Waals surface area (Å²) in [5, 5.41) is 3.07. The third-order valence-electron chi connectivity index (χ3n) is 3.34. The Morgan fingerprint density at radius 1 is 1.21 bits per heavy atom. The molecule has 0 heterocycles. The summed E-state index contributed by atoms with van der Waals surface area (Å²) in [4.78, 5) is 21.4. The molecule has 1 saturated carbocycles. The molecule has 1 fully saturated rings. The normalized spacial score (nSPS) is 31.2. The Balaban J connectivity index is 2.62. The molecule has 0 aliphatic heterocycles. The van der Waals surface area contributed by atoms with Gasteiger partial charge in [0.05, 0.1) is 6.04 Å². The van der Waals surface area contributed by atoms with E-state index in [-0.39, 0.29) is 17.9 Å². The van der Waals surface area contributed by atoms with Crippen LogP contribution in [0, 0.1) is 16.7 Å². The van der Waals surface area contributed by atoms with Crippen molar-refractivity contribution in [3.05, 3.63) is 4.91 Å². The fourth-order valence-corrected chi connectivity index (χ4v) is 2.39. The van der Waals surface area contributed by atoms with Crippen molar-refractivity contribution < 1.29 is 4.79 Å². The molecular weight excluding hydrogens is 178 g/mol. The van der Waals surface area contributed by atoms with Gasteiger partial charge in [-0.05, 0) is 25.7 Å². The van der Waals surface area contributed by atoms with Gasteiger partial charge in [-0.1, -0.05) is 30.9 Å². The lowest BCUT2D eigenvalue weighted by Gasteiger charge is -2.26. The van der Waals surface area contributed by atoms with Crippen molar-refractivity contribution in [2.75, 3.05) is 0 Å². The summed E-state index contributed by atoms with van der Waals surface area (Å²) in [7, 11) is 0. The van der Waals surface area contributed by atoms with Gasteiger partial charge in [0, 0.05) is 5.92 Å². The highest BCUT2D eigenvalue weighted by atomic mass is 16.3. The van der Waals surface area contributed by atoms with Gasteiger partial charge in [0.1, 0.15) is 6.29 Å². The summed E-state index contributed by atoms with van der Waals surface area (Å²) in [6.07, 6.45) is 7.65. The highest BCUT2D eigenvalue weighted by Crippen LogP contribution is 2.30. The number of carbonyl (C=O) groups is 1. The van der Waals surface area contributed by atoms with E-state index in [9.17, 15) is 9.70 Å². The van der Waals surface area contributed by atoms with E-state index in [1.807, 2.05) is 6.92 Å². The molecule has 0 saturated heterocycles. The first-order valence-electron chi connectivity index (χ1n) is 5.57. The smallest absolute Gasteiger partial charge is 0.123 e. The molecule has 3 atom stereocenters. The van der Waals surface area contributed by atoms with E-state index in [4.69, 9.17) is 0 Å². The predicted octanol–water partition coefficient (Wildman–Crippen LogP) is 2.93. The van der Waals surface area contributed by atoms with Crippen LogP contribution < -0.4 is 0 Å². The van der Waals surface area contributed by atoms with Crippen molar-refractivity contribution in [1.82, 2.24) is 0 Å². The maximum absolute atomic E-state index is 10.9. The number of hydrogen-bond acceptors (Lipinski definition) is 3. The van der Waals surface area contributed by atoms with Crippen LogP contribution in [-0.4, -0.2) is 12.3 Å². The summed E-state index contributed by atoms with van der Waals surface area (Å²) >= 11 is 0. The Kier molecular flexibility index (Phi) is 4.77. The van der Waals surface area contributed by atoms with Gasteiger partial charge in [0.25, 0.3) is 0 Å². The number of rotatable bonds is 3. The molecule has 0 bridgehead atoms. The van der Waals surface area contributed by atoms with Crippen LogP contribution in [-0.2, 0) is 4.79 Å². The van der Waals surface area contributed by atoms with Crippen LogP contribution in [0.25, 0.3) is 0 Å². The van der Waals surface area contributed by atoms with E-state index in [1.54, 1.807) is 0 Å². The first-order chi connectivity index (χ1) is 6.79. The number of hydrogen-bond donors (Lipinski definition) is 0. The fourth-order valence-electron chi connectivity index (χ4n) is 2.39. The summed E-state index contributed by atoms with van der Waals surface area (Å²) < 4.78 is 0. The predicted molar refractivity (Wildman–Crippen MR) is 56.0 cm³/mol. The zero-order valence-electron chi connectivity index (χ0n) is 8.82. The first-order valence-corrected chi connectivity index (χ1v) is 5.57. The molecule has 0 spiro atoms. The first kappa shape index (κ1) is 11.3. The van der Waals surface area contributed by atoms with Gasteiger partial charge in [0.2, 0.25) is 0 Å². The summed E-state index contributed by atoms with van der Waals surface area (Å²) in [6, 6.07) is -0.205. The zero-order valence-corrected chi connectivity index (χ0v) is 8.82. The lowest BCUT2D eigenvalue weighted by Crippen LogP contribution is -2.26. The van der Waals surface area contributed by atoms with Gasteiger partial charge in [-0.15, -0.1) is 0 Å². The minimum absolute atomic E-state index is 0.0583. The molecule has 1 rings (SSSR count). The third kappa shape index (κ3) is 2.89. The van der Waals surface area contributed by atoms with Gasteiger partial charge < -0.3 is 4.79 Å². The van der Waals surface area contributed by atoms with Gasteiger partial charge in [-0.3, -0.25) is 0 Å². The second kappa shape index (κ2) is 5.89. The van der Waals surface area contributed by atoms with Crippen molar-refractivity contribution in [3.8, 4) is 0 Å². The Morgan fingerprint density at radius 3 is 2.43 bits per heavy atom. The van der Waals surface area contributed by atoms with E-state index in [2.05, 4.69) is 5.18 Å². The average molecular weight is 197 g/mol. The molecule has 14 heavy (non-hydrogen) atoms. The molecule has 3 heteroatoms. The summed E-state index contributed by atoms with van der Waals surface area (Å²) in [6.45, 7) is 1.83. The Labute approximate surface area is 85.2 Å². The van der Waals surface area contributed by atoms with Gasteiger partial charge in [0.15, 0.2) is 0 Å². The van der Waals surface area contributed by atoms with Gasteiger partial charge >= 0.3 is 0 Å². The van der Waals surface area contributed by atoms with E-state index in [0.29, 0.717) is 0 Å². The van der Waals surface area contributed by atoms with Crippen LogP contribution in [0.3, 0.4) is 0 Å². The van der Waals surface area contributed by atoms with E-state index in [0.717, 1.165) is 32.0 Å². The molecule has 1 aliphatic rings. The van der Waals surface area contributed by atoms with Crippen LogP contribution >= 0.6 is 0 Å². The third-order valence-corrected chi connectivity index (χ3v) is 3.34. The Morgan fingerprint density at radius 2 is 1.86 bits per heavy atom. The summed E-state index contributed by atoms with van der Waals surface area (Å²) in [5.41, 5.74) is 0. The second-order valence-corrected chi connectivity index (χ2v) is 4.30. The number of nitroso groups, excluding NO2 is 1. The average Bonchev–Trinajstić information content (AvgIpc) is 2.17. The molecule has 0 radical (unpaired) electrons. The van der Waals surface area contributed by atoms with Crippen LogP contribution in [0.15, 0.2) is 5.18 Å². The zero-order chi connectivity index (χ0) is 10.4. The van der Waals surface area contributed by atoms with Crippen molar-refractivity contribution >= 4 is 6.29 Å². The monoisotopic (exact) mass is 197 g/mol. The van der Waals surface area contributed by atoms with Crippen LogP contribution in [0.1, 0.15) is 45.4 Å². The topological polar surface area (TPSA) is 46.5 Å². The molecule has 0 aromatic heterocycles. The molecule has 3 nitrogen and oxygen atoms in total. The van der Waals surface area contributed by atoms with E-state index in [1.165, 1.54) is 12.8 Å². The van der Waals surface area contributed by atoms with Crippen LogP contribution in [0.4, 0.5) is 0 Å². The SMILES string of the molecule is CC(N=O)C1CCCCCCC1C=O. The second-order valence-electron chi connectivity index (χ2n) is 4.30. The molecule has 80 valence electrons. The van der Waals surface area contributed by atoms with Gasteiger partial charge in [-0.2, -0.15) is 4.91 Å². The molecule has 3 unspecified atom stereocenters. The molecule has 0 amide bonds. The van der Waals surface area contributed by atoms with Crippen LogP contribution in [0.2, 0.25) is 0 Å². The standard InChI is InChI=1S/C11H19NO2/c1-9(12-14)11-7-5-3-2-4-6-10(11)8-13/h8-11H,2-7H2,1H3. The van der Waals surface area contributed by atoms with Gasteiger partial charge in [-0.25, -0.2) is 0 Å². The number of carbonyl (C=O) groups excluding carboxylic acids is 1. The number of aldehydes is 1. The minimum atomic E-state index is -0.205. The highest BCUT2D eigenvalue weighted by molar-refractivity contribution is 5.54. The van der Waals surface area contributed by atoms with E-state index < -0.39 is 0 Å².